The molecular formula is C5H11N5O. The highest BCUT2D eigenvalue weighted by Crippen LogP contribution is 1.90. The molecule has 1 aromatic rings. The Balaban J connectivity index is 2.31. The molecule has 1 aromatic heterocycles. The van der Waals surface area contributed by atoms with Crippen molar-refractivity contribution in [1.29, 1.82) is 0 Å². The zero-order chi connectivity index (χ0) is 8.10. The molecule has 1 rings (SSSR count). The zero-order valence-corrected chi connectivity index (χ0v) is 6.36. The van der Waals surface area contributed by atoms with Crippen molar-refractivity contribution in [3.8, 4) is 0 Å². The summed E-state index contributed by atoms with van der Waals surface area (Å²) in [6, 6.07) is 0. The maximum absolute atomic E-state index is 8.56. The quantitative estimate of drug-likeness (QED) is 0.563. The van der Waals surface area contributed by atoms with E-state index in [0.29, 0.717) is 18.9 Å². The van der Waals surface area contributed by atoms with Gasteiger partial charge in [-0.05, 0) is 7.05 Å². The minimum absolute atomic E-state index is 0.147. The Bertz CT molecular complexity index is 187. The summed E-state index contributed by atoms with van der Waals surface area (Å²) < 4.78 is 0. The van der Waals surface area contributed by atoms with Gasteiger partial charge in [0.25, 0.3) is 0 Å². The third kappa shape index (κ3) is 2.60. The lowest BCUT2D eigenvalue weighted by Gasteiger charge is -2.10. The number of hydrogen-bond donors (Lipinski definition) is 2. The van der Waals surface area contributed by atoms with E-state index in [4.69, 9.17) is 5.11 Å². The van der Waals surface area contributed by atoms with Crippen molar-refractivity contribution in [3.63, 3.8) is 0 Å². The van der Waals surface area contributed by atoms with Crippen LogP contribution in [0, 0.1) is 0 Å². The first-order valence-electron chi connectivity index (χ1n) is 3.34. The van der Waals surface area contributed by atoms with Crippen LogP contribution >= 0.6 is 0 Å². The fraction of sp³-hybridized carbons (Fsp3) is 0.800. The summed E-state index contributed by atoms with van der Waals surface area (Å²) >= 11 is 0. The molecule has 6 nitrogen and oxygen atoms in total. The molecule has 0 saturated carbocycles. The van der Waals surface area contributed by atoms with Crippen molar-refractivity contribution in [3.05, 3.63) is 5.82 Å². The van der Waals surface area contributed by atoms with Crippen molar-refractivity contribution < 1.29 is 5.11 Å². The molecule has 0 fully saturated rings. The van der Waals surface area contributed by atoms with Gasteiger partial charge in [-0.2, -0.15) is 5.21 Å². The van der Waals surface area contributed by atoms with Crippen LogP contribution in [0.3, 0.4) is 0 Å². The second kappa shape index (κ2) is 3.99. The van der Waals surface area contributed by atoms with Crippen molar-refractivity contribution in [1.82, 2.24) is 25.5 Å². The normalized spacial score (nSPS) is 10.8. The number of aliphatic hydroxyl groups excluding tert-OH is 1. The van der Waals surface area contributed by atoms with E-state index >= 15 is 0 Å². The molecule has 0 aliphatic heterocycles. The molecule has 0 aromatic carbocycles. The van der Waals surface area contributed by atoms with Gasteiger partial charge in [0.1, 0.15) is 0 Å². The van der Waals surface area contributed by atoms with Gasteiger partial charge in [0.15, 0.2) is 5.82 Å². The van der Waals surface area contributed by atoms with Gasteiger partial charge in [-0.1, -0.05) is 5.21 Å². The predicted molar refractivity (Wildman–Crippen MR) is 37.6 cm³/mol. The molecule has 0 aliphatic rings. The van der Waals surface area contributed by atoms with Crippen molar-refractivity contribution in [2.75, 3.05) is 20.2 Å². The molecule has 0 unspecified atom stereocenters. The molecule has 1 heterocycles. The SMILES string of the molecule is CN(CCO)Cc1nn[nH]n1. The topological polar surface area (TPSA) is 77.9 Å². The zero-order valence-electron chi connectivity index (χ0n) is 6.36. The summed E-state index contributed by atoms with van der Waals surface area (Å²) in [5.41, 5.74) is 0. The molecule has 0 bridgehead atoms. The van der Waals surface area contributed by atoms with Crippen molar-refractivity contribution in [2.24, 2.45) is 0 Å². The largest absolute Gasteiger partial charge is 0.395 e. The van der Waals surface area contributed by atoms with Crippen LogP contribution in [0.4, 0.5) is 0 Å². The Labute approximate surface area is 64.2 Å². The van der Waals surface area contributed by atoms with Gasteiger partial charge in [-0.25, -0.2) is 0 Å². The molecule has 0 spiro atoms. The highest BCUT2D eigenvalue weighted by atomic mass is 16.3. The lowest BCUT2D eigenvalue weighted by atomic mass is 10.5. The number of aliphatic hydroxyl groups is 1. The molecule has 0 amide bonds. The smallest absolute Gasteiger partial charge is 0.188 e. The van der Waals surface area contributed by atoms with E-state index in [1.807, 2.05) is 11.9 Å². The number of rotatable bonds is 4. The van der Waals surface area contributed by atoms with Gasteiger partial charge in [-0.3, -0.25) is 4.90 Å². The van der Waals surface area contributed by atoms with Gasteiger partial charge in [0, 0.05) is 6.54 Å². The number of H-pyrrole nitrogens is 1. The lowest BCUT2D eigenvalue weighted by molar-refractivity contribution is 0.214. The van der Waals surface area contributed by atoms with E-state index in [1.165, 1.54) is 0 Å². The minimum atomic E-state index is 0.147. The number of hydrogen-bond acceptors (Lipinski definition) is 5. The van der Waals surface area contributed by atoms with Crippen molar-refractivity contribution in [2.45, 2.75) is 6.54 Å². The number of aromatic amines is 1. The van der Waals surface area contributed by atoms with E-state index in [2.05, 4.69) is 20.6 Å². The van der Waals surface area contributed by atoms with Crippen LogP contribution in [-0.2, 0) is 6.54 Å². The third-order valence-electron chi connectivity index (χ3n) is 1.28. The van der Waals surface area contributed by atoms with Gasteiger partial charge in [-0.15, -0.1) is 10.2 Å². The molecule has 62 valence electrons. The lowest BCUT2D eigenvalue weighted by Crippen LogP contribution is -2.22. The first kappa shape index (κ1) is 8.09. The van der Waals surface area contributed by atoms with Crippen molar-refractivity contribution >= 4 is 0 Å². The standard InChI is InChI=1S/C5H11N5O/c1-10(2-3-11)4-5-6-8-9-7-5/h11H,2-4H2,1H3,(H,6,7,8,9). The average Bonchev–Trinajstić information content (AvgIpc) is 2.40. The number of tetrazole rings is 1. The summed E-state index contributed by atoms with van der Waals surface area (Å²) in [5.74, 6) is 0.640. The molecule has 0 aliphatic carbocycles. The fourth-order valence-corrected chi connectivity index (χ4v) is 0.741. The monoisotopic (exact) mass is 157 g/mol. The van der Waals surface area contributed by atoms with E-state index in [1.54, 1.807) is 0 Å². The summed E-state index contributed by atoms with van der Waals surface area (Å²) in [6.07, 6.45) is 0. The van der Waals surface area contributed by atoms with Crippen LogP contribution in [0.1, 0.15) is 5.82 Å². The van der Waals surface area contributed by atoms with Gasteiger partial charge in [0.2, 0.25) is 0 Å². The molecular weight excluding hydrogens is 146 g/mol. The summed E-state index contributed by atoms with van der Waals surface area (Å²) in [5, 5.41) is 21.9. The number of aromatic nitrogens is 4. The highest BCUT2D eigenvalue weighted by Gasteiger charge is 2.01. The molecule has 6 heteroatoms. The van der Waals surface area contributed by atoms with Crippen LogP contribution in [0.15, 0.2) is 0 Å². The molecule has 2 N–H and O–H groups in total. The molecule has 11 heavy (non-hydrogen) atoms. The minimum Gasteiger partial charge on any atom is -0.395 e. The second-order valence-electron chi connectivity index (χ2n) is 2.29. The Morgan fingerprint density at radius 2 is 2.45 bits per heavy atom. The maximum atomic E-state index is 8.56. The fourth-order valence-electron chi connectivity index (χ4n) is 0.741. The molecule has 0 saturated heterocycles. The molecule has 0 atom stereocenters. The maximum Gasteiger partial charge on any atom is 0.188 e. The van der Waals surface area contributed by atoms with Crippen LogP contribution in [0.25, 0.3) is 0 Å². The van der Waals surface area contributed by atoms with Gasteiger partial charge >= 0.3 is 0 Å². The summed E-state index contributed by atoms with van der Waals surface area (Å²) in [6.45, 7) is 1.37. The number of nitrogens with zero attached hydrogens (tertiary/aromatic N) is 4. The van der Waals surface area contributed by atoms with E-state index in [0.717, 1.165) is 0 Å². The Hall–Kier alpha value is -1.01. The van der Waals surface area contributed by atoms with E-state index < -0.39 is 0 Å². The summed E-state index contributed by atoms with van der Waals surface area (Å²) in [7, 11) is 1.88. The Kier molecular flexibility index (Phi) is 2.94. The first-order chi connectivity index (χ1) is 5.33. The number of nitrogens with one attached hydrogen (secondary N) is 1. The van der Waals surface area contributed by atoms with E-state index in [-0.39, 0.29) is 6.61 Å². The van der Waals surface area contributed by atoms with Crippen LogP contribution in [0.2, 0.25) is 0 Å². The predicted octanol–water partition coefficient (Wildman–Crippen LogP) is -1.38. The van der Waals surface area contributed by atoms with Gasteiger partial charge < -0.3 is 5.11 Å². The number of likely N-dealkylation sites (N-methyl/N-ethyl adjacent to an activating group) is 1. The first-order valence-corrected chi connectivity index (χ1v) is 3.34. The van der Waals surface area contributed by atoms with Crippen LogP contribution < -0.4 is 0 Å². The Morgan fingerprint density at radius 3 is 3.00 bits per heavy atom. The van der Waals surface area contributed by atoms with Gasteiger partial charge in [0.05, 0.1) is 13.2 Å². The highest BCUT2D eigenvalue weighted by molar-refractivity contribution is 4.74. The second-order valence-corrected chi connectivity index (χ2v) is 2.29. The third-order valence-corrected chi connectivity index (χ3v) is 1.28. The van der Waals surface area contributed by atoms with Crippen LogP contribution in [0.5, 0.6) is 0 Å². The summed E-state index contributed by atoms with van der Waals surface area (Å²) in [4.78, 5) is 1.91. The average molecular weight is 157 g/mol. The van der Waals surface area contributed by atoms with E-state index in [9.17, 15) is 0 Å². The van der Waals surface area contributed by atoms with Crippen LogP contribution in [-0.4, -0.2) is 50.8 Å². The molecule has 0 radical (unpaired) electrons. The Morgan fingerprint density at radius 1 is 1.64 bits per heavy atom.